The standard InChI is InChI=1S/C15H19FN2/c1-18-10-11(3-2-8-17-13-5-6-13)14-9-12(16)4-7-15(14)18/h4,7,9-10,13,17H,2-3,5-6,8H2,1H3. The SMILES string of the molecule is Cn1cc(CCCNC2CC2)c2cc(F)ccc21. The Hall–Kier alpha value is -1.35. The van der Waals surface area contributed by atoms with E-state index >= 15 is 0 Å². The lowest BCUT2D eigenvalue weighted by molar-refractivity contribution is 0.629. The van der Waals surface area contributed by atoms with Crippen LogP contribution in [0.4, 0.5) is 4.39 Å². The molecule has 96 valence electrons. The molecule has 1 aromatic heterocycles. The Balaban J connectivity index is 1.71. The number of nitrogens with zero attached hydrogens (tertiary/aromatic N) is 1. The first-order valence-corrected chi connectivity index (χ1v) is 6.71. The van der Waals surface area contributed by atoms with Gasteiger partial charge in [-0.05, 0) is 56.0 Å². The molecule has 3 heteroatoms. The highest BCUT2D eigenvalue weighted by molar-refractivity contribution is 5.84. The summed E-state index contributed by atoms with van der Waals surface area (Å²) < 4.78 is 15.4. The molecule has 1 saturated carbocycles. The second-order valence-electron chi connectivity index (χ2n) is 5.26. The van der Waals surface area contributed by atoms with Crippen LogP contribution in [-0.4, -0.2) is 17.2 Å². The molecule has 0 saturated heterocycles. The molecule has 1 N–H and O–H groups in total. The Morgan fingerprint density at radius 2 is 2.22 bits per heavy atom. The number of aromatic nitrogens is 1. The van der Waals surface area contributed by atoms with Crippen LogP contribution in [0.5, 0.6) is 0 Å². The Labute approximate surface area is 107 Å². The van der Waals surface area contributed by atoms with E-state index < -0.39 is 0 Å². The molecule has 1 aliphatic carbocycles. The van der Waals surface area contributed by atoms with Gasteiger partial charge in [-0.1, -0.05) is 0 Å². The summed E-state index contributed by atoms with van der Waals surface area (Å²) >= 11 is 0. The molecular formula is C15H19FN2. The Morgan fingerprint density at radius 3 is 3.00 bits per heavy atom. The Kier molecular flexibility index (Phi) is 3.08. The summed E-state index contributed by atoms with van der Waals surface area (Å²) in [6.07, 6.45) is 6.92. The van der Waals surface area contributed by atoms with Gasteiger partial charge in [0.05, 0.1) is 0 Å². The molecule has 3 rings (SSSR count). The smallest absolute Gasteiger partial charge is 0.123 e. The third-order valence-corrected chi connectivity index (χ3v) is 3.67. The highest BCUT2D eigenvalue weighted by atomic mass is 19.1. The van der Waals surface area contributed by atoms with Crippen molar-refractivity contribution in [2.75, 3.05) is 6.54 Å². The molecule has 0 spiro atoms. The maximum atomic E-state index is 13.3. The van der Waals surface area contributed by atoms with Crippen molar-refractivity contribution in [3.63, 3.8) is 0 Å². The summed E-state index contributed by atoms with van der Waals surface area (Å²) in [4.78, 5) is 0. The summed E-state index contributed by atoms with van der Waals surface area (Å²) in [5.41, 5.74) is 2.37. The fraction of sp³-hybridized carbons (Fsp3) is 0.467. The van der Waals surface area contributed by atoms with Gasteiger partial charge < -0.3 is 9.88 Å². The molecule has 1 aliphatic rings. The van der Waals surface area contributed by atoms with Crippen LogP contribution in [0.3, 0.4) is 0 Å². The van der Waals surface area contributed by atoms with Crippen molar-refractivity contribution in [1.29, 1.82) is 0 Å². The van der Waals surface area contributed by atoms with E-state index in [-0.39, 0.29) is 5.82 Å². The van der Waals surface area contributed by atoms with Crippen LogP contribution in [0.15, 0.2) is 24.4 Å². The number of fused-ring (bicyclic) bond motifs is 1. The molecule has 1 heterocycles. The Bertz CT molecular complexity index is 555. The minimum atomic E-state index is -0.147. The quantitative estimate of drug-likeness (QED) is 0.802. The van der Waals surface area contributed by atoms with Gasteiger partial charge in [-0.3, -0.25) is 0 Å². The molecule has 18 heavy (non-hydrogen) atoms. The van der Waals surface area contributed by atoms with E-state index in [0.717, 1.165) is 36.3 Å². The van der Waals surface area contributed by atoms with Crippen LogP contribution in [0.1, 0.15) is 24.8 Å². The zero-order valence-electron chi connectivity index (χ0n) is 10.7. The van der Waals surface area contributed by atoms with Crippen molar-refractivity contribution in [3.05, 3.63) is 35.8 Å². The number of rotatable bonds is 5. The predicted molar refractivity (Wildman–Crippen MR) is 72.2 cm³/mol. The van der Waals surface area contributed by atoms with Gasteiger partial charge in [0.15, 0.2) is 0 Å². The van der Waals surface area contributed by atoms with Gasteiger partial charge in [-0.15, -0.1) is 0 Å². The van der Waals surface area contributed by atoms with Gasteiger partial charge in [-0.25, -0.2) is 4.39 Å². The minimum Gasteiger partial charge on any atom is -0.350 e. The third-order valence-electron chi connectivity index (χ3n) is 3.67. The van der Waals surface area contributed by atoms with Gasteiger partial charge in [-0.2, -0.15) is 0 Å². The molecule has 0 unspecified atom stereocenters. The second kappa shape index (κ2) is 4.73. The van der Waals surface area contributed by atoms with Gasteiger partial charge in [0.25, 0.3) is 0 Å². The monoisotopic (exact) mass is 246 g/mol. The molecule has 0 atom stereocenters. The fourth-order valence-corrected chi connectivity index (χ4v) is 2.52. The zero-order valence-corrected chi connectivity index (χ0v) is 10.7. The first-order valence-electron chi connectivity index (χ1n) is 6.71. The number of halogens is 1. The van der Waals surface area contributed by atoms with Crippen LogP contribution in [0.25, 0.3) is 10.9 Å². The van der Waals surface area contributed by atoms with Crippen molar-refractivity contribution < 1.29 is 4.39 Å². The predicted octanol–water partition coefficient (Wildman–Crippen LogP) is 3.00. The number of aryl methyl sites for hydroxylation is 2. The summed E-state index contributed by atoms with van der Waals surface area (Å²) in [6.45, 7) is 1.07. The van der Waals surface area contributed by atoms with Crippen LogP contribution >= 0.6 is 0 Å². The van der Waals surface area contributed by atoms with E-state index in [0.29, 0.717) is 0 Å². The summed E-state index contributed by atoms with van der Waals surface area (Å²) in [7, 11) is 2.02. The first kappa shape index (κ1) is 11.7. The molecule has 0 bridgehead atoms. The van der Waals surface area contributed by atoms with Crippen molar-refractivity contribution in [2.45, 2.75) is 31.7 Å². The molecule has 0 amide bonds. The lowest BCUT2D eigenvalue weighted by Crippen LogP contribution is -2.17. The topological polar surface area (TPSA) is 17.0 Å². The molecular weight excluding hydrogens is 227 g/mol. The largest absolute Gasteiger partial charge is 0.350 e. The van der Waals surface area contributed by atoms with Crippen molar-refractivity contribution >= 4 is 10.9 Å². The molecule has 2 aromatic rings. The zero-order chi connectivity index (χ0) is 12.5. The number of hydrogen-bond acceptors (Lipinski definition) is 1. The van der Waals surface area contributed by atoms with E-state index in [1.54, 1.807) is 6.07 Å². The highest BCUT2D eigenvalue weighted by Gasteiger charge is 2.19. The van der Waals surface area contributed by atoms with Crippen molar-refractivity contribution in [1.82, 2.24) is 9.88 Å². The number of benzene rings is 1. The normalized spacial score (nSPS) is 15.4. The van der Waals surface area contributed by atoms with Crippen LogP contribution in [-0.2, 0) is 13.5 Å². The van der Waals surface area contributed by atoms with Crippen LogP contribution < -0.4 is 5.32 Å². The summed E-state index contributed by atoms with van der Waals surface area (Å²) in [6, 6.07) is 5.81. The van der Waals surface area contributed by atoms with Gasteiger partial charge in [0, 0.05) is 30.2 Å². The maximum Gasteiger partial charge on any atom is 0.123 e. The van der Waals surface area contributed by atoms with E-state index in [1.807, 2.05) is 13.1 Å². The summed E-state index contributed by atoms with van der Waals surface area (Å²) in [5.74, 6) is -0.147. The highest BCUT2D eigenvalue weighted by Crippen LogP contribution is 2.23. The lowest BCUT2D eigenvalue weighted by Gasteiger charge is -2.02. The average molecular weight is 246 g/mol. The lowest BCUT2D eigenvalue weighted by atomic mass is 10.1. The third kappa shape index (κ3) is 2.41. The van der Waals surface area contributed by atoms with Crippen molar-refractivity contribution in [2.24, 2.45) is 7.05 Å². The van der Waals surface area contributed by atoms with E-state index in [2.05, 4.69) is 16.1 Å². The first-order chi connectivity index (χ1) is 8.74. The number of nitrogens with one attached hydrogen (secondary N) is 1. The molecule has 2 nitrogen and oxygen atoms in total. The number of hydrogen-bond donors (Lipinski definition) is 1. The summed E-state index contributed by atoms with van der Waals surface area (Å²) in [5, 5.41) is 4.57. The van der Waals surface area contributed by atoms with Gasteiger partial charge in [0.2, 0.25) is 0 Å². The molecule has 0 aliphatic heterocycles. The van der Waals surface area contributed by atoms with Gasteiger partial charge in [0.1, 0.15) is 5.82 Å². The maximum absolute atomic E-state index is 13.3. The molecule has 1 fully saturated rings. The van der Waals surface area contributed by atoms with Gasteiger partial charge >= 0.3 is 0 Å². The minimum absolute atomic E-state index is 0.147. The van der Waals surface area contributed by atoms with E-state index in [4.69, 9.17) is 0 Å². The molecule has 1 aromatic carbocycles. The molecule has 0 radical (unpaired) electrons. The van der Waals surface area contributed by atoms with Crippen LogP contribution in [0, 0.1) is 5.82 Å². The van der Waals surface area contributed by atoms with Crippen LogP contribution in [0.2, 0.25) is 0 Å². The van der Waals surface area contributed by atoms with E-state index in [1.165, 1.54) is 24.5 Å². The Morgan fingerprint density at radius 1 is 1.39 bits per heavy atom. The fourth-order valence-electron chi connectivity index (χ4n) is 2.52. The average Bonchev–Trinajstić information content (AvgIpc) is 3.12. The van der Waals surface area contributed by atoms with E-state index in [9.17, 15) is 4.39 Å². The second-order valence-corrected chi connectivity index (χ2v) is 5.26. The van der Waals surface area contributed by atoms with Crippen molar-refractivity contribution in [3.8, 4) is 0 Å².